The van der Waals surface area contributed by atoms with Crippen molar-refractivity contribution in [2.24, 2.45) is 5.73 Å². The van der Waals surface area contributed by atoms with E-state index in [2.05, 4.69) is 38.6 Å². The fourth-order valence-electron chi connectivity index (χ4n) is 1.58. The summed E-state index contributed by atoms with van der Waals surface area (Å²) in [6.45, 7) is 7.97. The molecule has 0 spiro atoms. The first-order valence-electron chi connectivity index (χ1n) is 5.35. The van der Waals surface area contributed by atoms with Gasteiger partial charge in [-0.15, -0.1) is 0 Å². The summed E-state index contributed by atoms with van der Waals surface area (Å²) < 4.78 is 0. The summed E-state index contributed by atoms with van der Waals surface area (Å²) in [6, 6.07) is 6.50. The van der Waals surface area contributed by atoms with Crippen molar-refractivity contribution in [3.8, 4) is 0 Å². The summed E-state index contributed by atoms with van der Waals surface area (Å²) in [5.41, 5.74) is 10.0. The fourth-order valence-corrected chi connectivity index (χ4v) is 1.58. The Hall–Kier alpha value is -1.50. The lowest BCUT2D eigenvalue weighted by Crippen LogP contribution is -1.92. The highest BCUT2D eigenvalue weighted by molar-refractivity contribution is 5.56. The minimum Gasteiger partial charge on any atom is -0.399 e. The van der Waals surface area contributed by atoms with Gasteiger partial charge in [-0.1, -0.05) is 49.8 Å². The first kappa shape index (κ1) is 11.6. The van der Waals surface area contributed by atoms with Crippen LogP contribution in [-0.4, -0.2) is 0 Å². The lowest BCUT2D eigenvalue weighted by atomic mass is 10.00. The number of aryl methyl sites for hydroxylation is 2. The molecule has 0 aliphatic carbocycles. The molecule has 2 N–H and O–H groups in total. The van der Waals surface area contributed by atoms with Crippen molar-refractivity contribution in [1.82, 2.24) is 0 Å². The molecule has 0 amide bonds. The predicted molar refractivity (Wildman–Crippen MR) is 67.5 cm³/mol. The average molecular weight is 201 g/mol. The maximum atomic E-state index is 5.51. The van der Waals surface area contributed by atoms with E-state index in [0.717, 1.165) is 12.8 Å². The smallest absolute Gasteiger partial charge is 0.0241 e. The van der Waals surface area contributed by atoms with Crippen molar-refractivity contribution in [3.63, 3.8) is 0 Å². The maximum Gasteiger partial charge on any atom is 0.0241 e. The molecular formula is C14H19N. The van der Waals surface area contributed by atoms with Crippen molar-refractivity contribution in [3.05, 3.63) is 53.2 Å². The molecule has 0 aromatic heterocycles. The number of hydrogen-bond acceptors (Lipinski definition) is 1. The van der Waals surface area contributed by atoms with E-state index in [9.17, 15) is 0 Å². The molecule has 1 aromatic carbocycles. The minimum atomic E-state index is 0.595. The zero-order valence-electron chi connectivity index (χ0n) is 9.59. The molecule has 15 heavy (non-hydrogen) atoms. The second kappa shape index (κ2) is 5.40. The van der Waals surface area contributed by atoms with Crippen LogP contribution in [-0.2, 0) is 6.42 Å². The molecule has 0 aliphatic heterocycles. The topological polar surface area (TPSA) is 26.0 Å². The molecule has 0 saturated heterocycles. The van der Waals surface area contributed by atoms with E-state index in [4.69, 9.17) is 5.73 Å². The standard InChI is InChI=1S/C14H19N/c1-4-5-14-10-11(2)6-8-13(14)9-7-12(3)15/h6-10H,3-5,15H2,1-2H3. The molecule has 80 valence electrons. The molecule has 0 saturated carbocycles. The molecule has 0 radical (unpaired) electrons. The molecule has 1 heteroatoms. The van der Waals surface area contributed by atoms with Gasteiger partial charge in [-0.05, 0) is 30.5 Å². The third kappa shape index (κ3) is 3.62. The van der Waals surface area contributed by atoms with Crippen LogP contribution in [0.5, 0.6) is 0 Å². The maximum absolute atomic E-state index is 5.51. The van der Waals surface area contributed by atoms with Gasteiger partial charge in [0.15, 0.2) is 0 Å². The monoisotopic (exact) mass is 201 g/mol. The lowest BCUT2D eigenvalue weighted by Gasteiger charge is -2.06. The molecule has 0 atom stereocenters. The van der Waals surface area contributed by atoms with E-state index in [1.165, 1.54) is 16.7 Å². The van der Waals surface area contributed by atoms with Crippen molar-refractivity contribution in [1.29, 1.82) is 0 Å². The predicted octanol–water partition coefficient (Wildman–Crippen LogP) is 3.43. The quantitative estimate of drug-likeness (QED) is 0.742. The average Bonchev–Trinajstić information content (AvgIpc) is 2.17. The van der Waals surface area contributed by atoms with Gasteiger partial charge in [-0.2, -0.15) is 0 Å². The number of hydrogen-bond donors (Lipinski definition) is 1. The zero-order valence-corrected chi connectivity index (χ0v) is 9.59. The van der Waals surface area contributed by atoms with Crippen LogP contribution in [0.2, 0.25) is 0 Å². The summed E-state index contributed by atoms with van der Waals surface area (Å²) in [4.78, 5) is 0. The van der Waals surface area contributed by atoms with E-state index < -0.39 is 0 Å². The van der Waals surface area contributed by atoms with Gasteiger partial charge in [0.2, 0.25) is 0 Å². The van der Waals surface area contributed by atoms with E-state index in [0.29, 0.717) is 5.70 Å². The summed E-state index contributed by atoms with van der Waals surface area (Å²) >= 11 is 0. The van der Waals surface area contributed by atoms with Gasteiger partial charge in [-0.3, -0.25) is 0 Å². The van der Waals surface area contributed by atoms with Gasteiger partial charge in [0.05, 0.1) is 0 Å². The van der Waals surface area contributed by atoms with Gasteiger partial charge in [0, 0.05) is 5.70 Å². The lowest BCUT2D eigenvalue weighted by molar-refractivity contribution is 0.918. The second-order valence-electron chi connectivity index (χ2n) is 3.86. The molecular weight excluding hydrogens is 182 g/mol. The molecule has 1 aromatic rings. The Morgan fingerprint density at radius 2 is 2.20 bits per heavy atom. The Morgan fingerprint density at radius 1 is 1.47 bits per heavy atom. The van der Waals surface area contributed by atoms with Crippen molar-refractivity contribution in [2.75, 3.05) is 0 Å². The third-order valence-corrected chi connectivity index (χ3v) is 2.29. The zero-order chi connectivity index (χ0) is 11.3. The Labute approximate surface area is 92.3 Å². The fraction of sp³-hybridized carbons (Fsp3) is 0.286. The van der Waals surface area contributed by atoms with Crippen LogP contribution in [0.25, 0.3) is 6.08 Å². The van der Waals surface area contributed by atoms with Crippen LogP contribution in [0.3, 0.4) is 0 Å². The molecule has 1 rings (SSSR count). The number of allylic oxidation sites excluding steroid dienone is 1. The highest BCUT2D eigenvalue weighted by Crippen LogP contribution is 2.15. The van der Waals surface area contributed by atoms with Gasteiger partial charge < -0.3 is 5.73 Å². The minimum absolute atomic E-state index is 0.595. The number of benzene rings is 1. The molecule has 0 fully saturated rings. The summed E-state index contributed by atoms with van der Waals surface area (Å²) in [7, 11) is 0. The van der Waals surface area contributed by atoms with Crippen molar-refractivity contribution in [2.45, 2.75) is 26.7 Å². The SMILES string of the molecule is C=C(N)C=Cc1ccc(C)cc1CCC. The summed E-state index contributed by atoms with van der Waals surface area (Å²) in [5.74, 6) is 0. The van der Waals surface area contributed by atoms with Crippen LogP contribution in [0.15, 0.2) is 36.6 Å². The molecule has 0 heterocycles. The largest absolute Gasteiger partial charge is 0.399 e. The van der Waals surface area contributed by atoms with Crippen molar-refractivity contribution < 1.29 is 0 Å². The third-order valence-electron chi connectivity index (χ3n) is 2.29. The molecule has 0 aliphatic rings. The first-order chi connectivity index (χ1) is 7.13. The van der Waals surface area contributed by atoms with Gasteiger partial charge in [0.1, 0.15) is 0 Å². The number of rotatable bonds is 4. The van der Waals surface area contributed by atoms with E-state index >= 15 is 0 Å². The first-order valence-corrected chi connectivity index (χ1v) is 5.35. The summed E-state index contributed by atoms with van der Waals surface area (Å²) in [5, 5.41) is 0. The van der Waals surface area contributed by atoms with Crippen LogP contribution < -0.4 is 5.73 Å². The Kier molecular flexibility index (Phi) is 4.17. The highest BCUT2D eigenvalue weighted by atomic mass is 14.5. The normalized spacial score (nSPS) is 10.8. The Morgan fingerprint density at radius 3 is 2.80 bits per heavy atom. The highest BCUT2D eigenvalue weighted by Gasteiger charge is 1.98. The van der Waals surface area contributed by atoms with Crippen LogP contribution in [0.4, 0.5) is 0 Å². The number of nitrogens with two attached hydrogens (primary N) is 1. The summed E-state index contributed by atoms with van der Waals surface area (Å²) in [6.07, 6.45) is 6.16. The van der Waals surface area contributed by atoms with Crippen LogP contribution in [0, 0.1) is 6.92 Å². The Balaban J connectivity index is 3.00. The van der Waals surface area contributed by atoms with E-state index in [1.54, 1.807) is 0 Å². The van der Waals surface area contributed by atoms with Gasteiger partial charge >= 0.3 is 0 Å². The molecule has 0 unspecified atom stereocenters. The molecule has 0 bridgehead atoms. The van der Waals surface area contributed by atoms with Gasteiger partial charge in [0.25, 0.3) is 0 Å². The van der Waals surface area contributed by atoms with E-state index in [-0.39, 0.29) is 0 Å². The van der Waals surface area contributed by atoms with Gasteiger partial charge in [-0.25, -0.2) is 0 Å². The van der Waals surface area contributed by atoms with Crippen LogP contribution in [0.1, 0.15) is 30.0 Å². The van der Waals surface area contributed by atoms with Crippen LogP contribution >= 0.6 is 0 Å². The molecule has 1 nitrogen and oxygen atoms in total. The Bertz CT molecular complexity index is 375. The van der Waals surface area contributed by atoms with E-state index in [1.807, 2.05) is 12.2 Å². The second-order valence-corrected chi connectivity index (χ2v) is 3.86. The van der Waals surface area contributed by atoms with Crippen molar-refractivity contribution >= 4 is 6.08 Å².